The summed E-state index contributed by atoms with van der Waals surface area (Å²) in [5.74, 6) is -1.58. The molecule has 1 aliphatic heterocycles. The van der Waals surface area contributed by atoms with Gasteiger partial charge >= 0.3 is 5.97 Å². The highest BCUT2D eigenvalue weighted by molar-refractivity contribution is 7.07. The molecule has 1 unspecified atom stereocenters. The number of aromatic nitrogens is 1. The smallest absolute Gasteiger partial charge is 0.332 e. The molecule has 0 bridgehead atoms. The van der Waals surface area contributed by atoms with Crippen molar-refractivity contribution in [2.45, 2.75) is 19.8 Å². The van der Waals surface area contributed by atoms with E-state index in [9.17, 15) is 19.6 Å². The van der Waals surface area contributed by atoms with Crippen LogP contribution in [0.1, 0.15) is 22.6 Å². The number of allylic oxidation sites excluding steroid dienone is 1. The van der Waals surface area contributed by atoms with E-state index in [1.54, 1.807) is 24.3 Å². The molecule has 4 rings (SSSR count). The first-order chi connectivity index (χ1) is 18.6. The van der Waals surface area contributed by atoms with Crippen molar-refractivity contribution in [3.8, 4) is 17.6 Å². The normalized spacial score (nSPS) is 14.9. The van der Waals surface area contributed by atoms with Gasteiger partial charge in [-0.05, 0) is 31.5 Å². The Morgan fingerprint density at radius 1 is 1.13 bits per heavy atom. The highest BCUT2D eigenvalue weighted by atomic mass is 32.1. The predicted octanol–water partition coefficient (Wildman–Crippen LogP) is 1.74. The van der Waals surface area contributed by atoms with Crippen molar-refractivity contribution in [2.24, 2.45) is 5.73 Å². The number of aryl methyl sites for hydroxylation is 2. The molecule has 0 aliphatic carbocycles. The topological polar surface area (TPSA) is 146 Å². The number of esters is 1. The van der Waals surface area contributed by atoms with Crippen molar-refractivity contribution in [1.29, 1.82) is 5.26 Å². The van der Waals surface area contributed by atoms with E-state index in [1.165, 1.54) is 21.3 Å². The first kappa shape index (κ1) is 27.2. The van der Waals surface area contributed by atoms with E-state index in [0.717, 1.165) is 33.1 Å². The number of hydrogen-bond donors (Lipinski definition) is 2. The van der Waals surface area contributed by atoms with E-state index in [0.29, 0.717) is 22.7 Å². The molecule has 1 aromatic heterocycles. The second-order valence-electron chi connectivity index (χ2n) is 8.72. The highest BCUT2D eigenvalue weighted by Crippen LogP contribution is 2.42. The first-order valence-corrected chi connectivity index (χ1v) is 12.5. The summed E-state index contributed by atoms with van der Waals surface area (Å²) in [4.78, 5) is 39.3. The standard InChI is InChI=1S/C28H26N4O6S/c1-14-6-9-19(15(2)10-14)31-26(34)24-23(17-8-7-16(36-3)11-20(17)37-4)18(13-29)25(30)32-27(35)21(39-28(24)32)12-22(33)38-5/h6-12,23H,30H2,1-5H3,(H,31,34). The number of amides is 1. The SMILES string of the molecule is COC(=O)C=c1sc2n(c1=O)C(N)=C(C#N)C(c1ccc(OC)cc1OC)C=2C(=O)Nc1ccc(C)cc1C. The highest BCUT2D eigenvalue weighted by Gasteiger charge is 2.37. The zero-order valence-electron chi connectivity index (χ0n) is 21.9. The van der Waals surface area contributed by atoms with Crippen LogP contribution in [-0.4, -0.2) is 37.8 Å². The molecule has 11 heteroatoms. The number of rotatable bonds is 6. The van der Waals surface area contributed by atoms with Gasteiger partial charge in [-0.15, -0.1) is 11.3 Å². The minimum Gasteiger partial charge on any atom is -0.497 e. The van der Waals surface area contributed by atoms with E-state index in [2.05, 4.69) is 16.1 Å². The molecule has 0 fully saturated rings. The summed E-state index contributed by atoms with van der Waals surface area (Å²) < 4.78 is 16.9. The summed E-state index contributed by atoms with van der Waals surface area (Å²) in [5, 5.41) is 13.2. The lowest BCUT2D eigenvalue weighted by Crippen LogP contribution is -2.41. The zero-order valence-corrected chi connectivity index (χ0v) is 22.8. The number of carbonyl (C=O) groups is 2. The summed E-state index contributed by atoms with van der Waals surface area (Å²) >= 11 is 0.902. The molecule has 3 N–H and O–H groups in total. The number of thiazole rings is 1. The van der Waals surface area contributed by atoms with E-state index < -0.39 is 23.4 Å². The Balaban J connectivity index is 2.09. The quantitative estimate of drug-likeness (QED) is 0.445. The Kier molecular flexibility index (Phi) is 7.60. The van der Waals surface area contributed by atoms with Crippen LogP contribution in [-0.2, 0) is 14.3 Å². The molecule has 2 heterocycles. The van der Waals surface area contributed by atoms with Gasteiger partial charge in [0.25, 0.3) is 11.5 Å². The van der Waals surface area contributed by atoms with E-state index in [4.69, 9.17) is 15.2 Å². The van der Waals surface area contributed by atoms with Gasteiger partial charge in [-0.1, -0.05) is 23.8 Å². The van der Waals surface area contributed by atoms with Gasteiger partial charge in [0.05, 0.1) is 44.5 Å². The van der Waals surface area contributed by atoms with Crippen molar-refractivity contribution >= 4 is 46.4 Å². The zero-order chi connectivity index (χ0) is 28.4. The Labute approximate surface area is 227 Å². The maximum atomic E-state index is 14.0. The van der Waals surface area contributed by atoms with E-state index >= 15 is 0 Å². The van der Waals surface area contributed by atoms with Crippen LogP contribution in [0.3, 0.4) is 0 Å². The lowest BCUT2D eigenvalue weighted by Gasteiger charge is -2.27. The molecule has 1 amide bonds. The van der Waals surface area contributed by atoms with Gasteiger partial charge in [0.1, 0.15) is 26.5 Å². The molecule has 10 nitrogen and oxygen atoms in total. The largest absolute Gasteiger partial charge is 0.497 e. The molecule has 0 spiro atoms. The Hall–Kier alpha value is -4.82. The molecule has 39 heavy (non-hydrogen) atoms. The van der Waals surface area contributed by atoms with Crippen LogP contribution >= 0.6 is 11.3 Å². The first-order valence-electron chi connectivity index (χ1n) is 11.7. The molecule has 0 saturated carbocycles. The van der Waals surface area contributed by atoms with Crippen molar-refractivity contribution in [2.75, 3.05) is 26.6 Å². The van der Waals surface area contributed by atoms with E-state index in [-0.39, 0.29) is 26.2 Å². The van der Waals surface area contributed by atoms with Crippen LogP contribution < -0.4 is 35.3 Å². The fourth-order valence-electron chi connectivity index (χ4n) is 4.44. The summed E-state index contributed by atoms with van der Waals surface area (Å²) in [6.45, 7) is 3.80. The monoisotopic (exact) mass is 546 g/mol. The number of carbonyl (C=O) groups excluding carboxylic acids is 2. The number of anilines is 1. The number of nitrogens with two attached hydrogens (primary N) is 1. The second-order valence-corrected chi connectivity index (χ2v) is 9.75. The third-order valence-corrected chi connectivity index (χ3v) is 7.45. The fourth-order valence-corrected chi connectivity index (χ4v) is 5.58. The predicted molar refractivity (Wildman–Crippen MR) is 148 cm³/mol. The van der Waals surface area contributed by atoms with Gasteiger partial charge in [0, 0.05) is 23.4 Å². The number of methoxy groups -OCH3 is 3. The van der Waals surface area contributed by atoms with Crippen LogP contribution in [0.2, 0.25) is 0 Å². The lowest BCUT2D eigenvalue weighted by atomic mass is 9.82. The Morgan fingerprint density at radius 2 is 1.87 bits per heavy atom. The van der Waals surface area contributed by atoms with Crippen molar-refractivity contribution in [1.82, 2.24) is 4.57 Å². The molecule has 1 aliphatic rings. The summed E-state index contributed by atoms with van der Waals surface area (Å²) in [6.07, 6.45) is 1.03. The number of nitrogens with one attached hydrogen (secondary N) is 1. The maximum absolute atomic E-state index is 14.0. The minimum absolute atomic E-state index is 0.00347. The van der Waals surface area contributed by atoms with Gasteiger partial charge in [-0.3, -0.25) is 14.2 Å². The molecule has 2 aromatic carbocycles. The van der Waals surface area contributed by atoms with Crippen molar-refractivity contribution < 1.29 is 23.8 Å². The van der Waals surface area contributed by atoms with Gasteiger partial charge in [0.15, 0.2) is 0 Å². The van der Waals surface area contributed by atoms with Gasteiger partial charge < -0.3 is 25.3 Å². The van der Waals surface area contributed by atoms with Gasteiger partial charge in [0.2, 0.25) is 0 Å². The third kappa shape index (κ3) is 4.89. The molecular weight excluding hydrogens is 520 g/mol. The fraction of sp³-hybridized carbons (Fsp3) is 0.214. The van der Waals surface area contributed by atoms with Crippen LogP contribution in [0.15, 0.2) is 46.8 Å². The third-order valence-electron chi connectivity index (χ3n) is 6.35. The van der Waals surface area contributed by atoms with Crippen molar-refractivity contribution in [3.05, 3.63) is 78.2 Å². The maximum Gasteiger partial charge on any atom is 0.332 e. The summed E-state index contributed by atoms with van der Waals surface area (Å²) in [7, 11) is 4.15. The average molecular weight is 547 g/mol. The summed E-state index contributed by atoms with van der Waals surface area (Å²) in [5.41, 5.74) is 8.69. The summed E-state index contributed by atoms with van der Waals surface area (Å²) in [6, 6.07) is 12.6. The number of hydrogen-bond acceptors (Lipinski definition) is 9. The number of ether oxygens (including phenoxy) is 3. The molecule has 1 atom stereocenters. The molecular formula is C28H26N4O6S. The lowest BCUT2D eigenvalue weighted by molar-refractivity contribution is -0.133. The van der Waals surface area contributed by atoms with Crippen LogP contribution in [0.5, 0.6) is 11.5 Å². The van der Waals surface area contributed by atoms with Crippen LogP contribution in [0, 0.1) is 25.2 Å². The molecule has 0 saturated heterocycles. The average Bonchev–Trinajstić information content (AvgIpc) is 3.24. The van der Waals surface area contributed by atoms with Crippen LogP contribution in [0.25, 0.3) is 17.5 Å². The minimum atomic E-state index is -0.995. The van der Waals surface area contributed by atoms with Crippen LogP contribution in [0.4, 0.5) is 5.69 Å². The second kappa shape index (κ2) is 10.9. The van der Waals surface area contributed by atoms with E-state index in [1.807, 2.05) is 26.0 Å². The number of nitriles is 1. The number of fused-ring (bicyclic) bond motifs is 1. The van der Waals surface area contributed by atoms with Gasteiger partial charge in [-0.25, -0.2) is 4.79 Å². The van der Waals surface area contributed by atoms with Crippen molar-refractivity contribution in [3.63, 3.8) is 0 Å². The number of benzene rings is 2. The molecule has 0 radical (unpaired) electrons. The number of nitrogens with zero attached hydrogens (tertiary/aromatic N) is 2. The Morgan fingerprint density at radius 3 is 2.49 bits per heavy atom. The molecule has 3 aromatic rings. The molecule has 200 valence electrons. The Bertz CT molecular complexity index is 1760. The van der Waals surface area contributed by atoms with Gasteiger partial charge in [-0.2, -0.15) is 5.26 Å².